The summed E-state index contributed by atoms with van der Waals surface area (Å²) >= 11 is 0. The lowest BCUT2D eigenvalue weighted by atomic mass is 9.69. The number of ether oxygens (including phenoxy) is 1. The Morgan fingerprint density at radius 1 is 1.14 bits per heavy atom. The Morgan fingerprint density at radius 2 is 1.71 bits per heavy atom. The van der Waals surface area contributed by atoms with Crippen LogP contribution in [0.25, 0.3) is 0 Å². The van der Waals surface area contributed by atoms with Crippen LogP contribution in [0.5, 0.6) is 0 Å². The summed E-state index contributed by atoms with van der Waals surface area (Å²) in [6.07, 6.45) is 4.50. The van der Waals surface area contributed by atoms with E-state index in [1.807, 2.05) is 0 Å². The molecule has 1 fully saturated rings. The van der Waals surface area contributed by atoms with Gasteiger partial charge in [-0.3, -0.25) is 9.59 Å². The van der Waals surface area contributed by atoms with Gasteiger partial charge in [-0.05, 0) is 43.9 Å². The molecule has 0 aromatic carbocycles. The number of carbonyl (C=O) groups excluding carboxylic acids is 2. The van der Waals surface area contributed by atoms with Gasteiger partial charge in [-0.2, -0.15) is 0 Å². The van der Waals surface area contributed by atoms with Crippen LogP contribution in [-0.4, -0.2) is 37.0 Å². The van der Waals surface area contributed by atoms with E-state index in [1.54, 1.807) is 18.9 Å². The molecule has 0 bridgehead atoms. The van der Waals surface area contributed by atoms with Crippen molar-refractivity contribution in [3.05, 3.63) is 0 Å². The highest BCUT2D eigenvalue weighted by molar-refractivity contribution is 5.79. The Morgan fingerprint density at radius 3 is 2.19 bits per heavy atom. The van der Waals surface area contributed by atoms with Gasteiger partial charge in [-0.1, -0.05) is 20.8 Å². The molecular formula is C17H31NO3. The van der Waals surface area contributed by atoms with E-state index in [9.17, 15) is 9.59 Å². The molecule has 0 radical (unpaired) electrons. The topological polar surface area (TPSA) is 46.6 Å². The molecule has 1 amide bonds. The van der Waals surface area contributed by atoms with E-state index < -0.39 is 0 Å². The lowest BCUT2D eigenvalue weighted by molar-refractivity contribution is -0.144. The molecule has 1 saturated carbocycles. The number of amides is 1. The maximum Gasteiger partial charge on any atom is 0.307 e. The average molecular weight is 297 g/mol. The minimum absolute atomic E-state index is 0.135. The fourth-order valence-electron chi connectivity index (χ4n) is 3.12. The third-order valence-electron chi connectivity index (χ3n) is 4.63. The molecule has 0 atom stereocenters. The van der Waals surface area contributed by atoms with Crippen LogP contribution in [0.3, 0.4) is 0 Å². The molecule has 0 aromatic rings. The van der Waals surface area contributed by atoms with Gasteiger partial charge >= 0.3 is 5.97 Å². The van der Waals surface area contributed by atoms with Gasteiger partial charge in [0, 0.05) is 19.5 Å². The van der Waals surface area contributed by atoms with Crippen molar-refractivity contribution in [2.75, 3.05) is 20.2 Å². The fourth-order valence-corrected chi connectivity index (χ4v) is 3.12. The predicted octanol–water partition coefficient (Wildman–Crippen LogP) is 3.25. The second kappa shape index (κ2) is 7.81. The minimum Gasteiger partial charge on any atom is -0.466 e. The minimum atomic E-state index is -0.228. The van der Waals surface area contributed by atoms with E-state index in [0.29, 0.717) is 24.5 Å². The van der Waals surface area contributed by atoms with Crippen LogP contribution in [0.2, 0.25) is 0 Å². The van der Waals surface area contributed by atoms with Gasteiger partial charge in [0.05, 0.1) is 13.0 Å². The van der Waals surface area contributed by atoms with E-state index in [4.69, 9.17) is 4.74 Å². The molecule has 0 N–H and O–H groups in total. The zero-order chi connectivity index (χ0) is 16.0. The molecule has 1 aliphatic carbocycles. The largest absolute Gasteiger partial charge is 0.466 e. The molecule has 21 heavy (non-hydrogen) atoms. The third-order valence-corrected chi connectivity index (χ3v) is 4.63. The maximum absolute atomic E-state index is 12.4. The Kier molecular flexibility index (Phi) is 6.69. The van der Waals surface area contributed by atoms with Crippen molar-refractivity contribution in [3.63, 3.8) is 0 Å². The first-order valence-electron chi connectivity index (χ1n) is 8.16. The lowest BCUT2D eigenvalue weighted by Gasteiger charge is -2.37. The maximum atomic E-state index is 12.4. The molecule has 0 aromatic heterocycles. The number of rotatable bonds is 5. The first-order chi connectivity index (χ1) is 9.75. The predicted molar refractivity (Wildman–Crippen MR) is 83.8 cm³/mol. The number of carbonyl (C=O) groups is 2. The van der Waals surface area contributed by atoms with Gasteiger partial charge in [0.1, 0.15) is 0 Å². The molecule has 1 aliphatic rings. The monoisotopic (exact) mass is 297 g/mol. The van der Waals surface area contributed by atoms with Crippen molar-refractivity contribution < 1.29 is 14.3 Å². The van der Waals surface area contributed by atoms with Gasteiger partial charge in [0.15, 0.2) is 0 Å². The van der Waals surface area contributed by atoms with Gasteiger partial charge in [0.25, 0.3) is 0 Å². The Bertz CT molecular complexity index is 352. The molecular weight excluding hydrogens is 266 g/mol. The van der Waals surface area contributed by atoms with Crippen LogP contribution in [0.4, 0.5) is 0 Å². The van der Waals surface area contributed by atoms with Crippen LogP contribution >= 0.6 is 0 Å². The molecule has 4 nitrogen and oxygen atoms in total. The summed E-state index contributed by atoms with van der Waals surface area (Å²) in [5.41, 5.74) is 0.337. The lowest BCUT2D eigenvalue weighted by Crippen LogP contribution is -2.37. The number of esters is 1. The molecule has 0 aliphatic heterocycles. The van der Waals surface area contributed by atoms with Crippen LogP contribution in [0.1, 0.15) is 59.8 Å². The van der Waals surface area contributed by atoms with Crippen molar-refractivity contribution in [2.24, 2.45) is 17.3 Å². The first-order valence-corrected chi connectivity index (χ1v) is 8.16. The second-order valence-corrected chi connectivity index (χ2v) is 7.23. The van der Waals surface area contributed by atoms with Gasteiger partial charge < -0.3 is 9.64 Å². The zero-order valence-corrected chi connectivity index (χ0v) is 14.3. The smallest absolute Gasteiger partial charge is 0.307 e. The molecule has 0 saturated heterocycles. The Balaban J connectivity index is 2.37. The third kappa shape index (κ3) is 5.68. The molecule has 122 valence electrons. The zero-order valence-electron chi connectivity index (χ0n) is 14.3. The summed E-state index contributed by atoms with van der Waals surface area (Å²) in [6, 6.07) is 0. The van der Waals surface area contributed by atoms with Crippen LogP contribution in [0.15, 0.2) is 0 Å². The molecule has 1 rings (SSSR count). The van der Waals surface area contributed by atoms with E-state index in [-0.39, 0.29) is 24.2 Å². The molecule has 4 heteroatoms. The van der Waals surface area contributed by atoms with Gasteiger partial charge in [-0.25, -0.2) is 0 Å². The van der Waals surface area contributed by atoms with Crippen molar-refractivity contribution in [3.8, 4) is 0 Å². The normalized spacial score (nSPS) is 22.7. The number of hydrogen-bond acceptors (Lipinski definition) is 3. The highest BCUT2D eigenvalue weighted by atomic mass is 16.5. The van der Waals surface area contributed by atoms with Gasteiger partial charge in [0.2, 0.25) is 5.91 Å². The summed E-state index contributed by atoms with van der Waals surface area (Å²) in [4.78, 5) is 25.4. The summed E-state index contributed by atoms with van der Waals surface area (Å²) in [5, 5.41) is 0. The van der Waals surface area contributed by atoms with Gasteiger partial charge in [-0.15, -0.1) is 0 Å². The van der Waals surface area contributed by atoms with Crippen molar-refractivity contribution in [1.29, 1.82) is 0 Å². The summed E-state index contributed by atoms with van der Waals surface area (Å²) < 4.78 is 4.89. The number of nitrogens with zero attached hydrogens (tertiary/aromatic N) is 1. The van der Waals surface area contributed by atoms with E-state index in [0.717, 1.165) is 25.7 Å². The molecule has 0 unspecified atom stereocenters. The standard InChI is InChI=1S/C17H31NO3/c1-6-21-15(19)11-12-18(5)16(20)13-7-9-14(10-8-13)17(2,3)4/h13-14H,6-12H2,1-5H3. The highest BCUT2D eigenvalue weighted by Gasteiger charge is 2.33. The van der Waals surface area contributed by atoms with Crippen LogP contribution in [-0.2, 0) is 14.3 Å². The first kappa shape index (κ1) is 18.0. The molecule has 0 heterocycles. The molecule has 0 spiro atoms. The summed E-state index contributed by atoms with van der Waals surface area (Å²) in [5.74, 6) is 0.808. The van der Waals surface area contributed by atoms with E-state index in [2.05, 4.69) is 20.8 Å². The van der Waals surface area contributed by atoms with Crippen molar-refractivity contribution in [2.45, 2.75) is 59.8 Å². The fraction of sp³-hybridized carbons (Fsp3) is 0.882. The van der Waals surface area contributed by atoms with Crippen molar-refractivity contribution >= 4 is 11.9 Å². The Labute approximate surface area is 129 Å². The van der Waals surface area contributed by atoms with Crippen molar-refractivity contribution in [1.82, 2.24) is 4.90 Å². The van der Waals surface area contributed by atoms with E-state index in [1.165, 1.54) is 0 Å². The van der Waals surface area contributed by atoms with Crippen LogP contribution in [0, 0.1) is 17.3 Å². The summed E-state index contributed by atoms with van der Waals surface area (Å²) in [6.45, 7) is 9.49. The van der Waals surface area contributed by atoms with Crippen LogP contribution < -0.4 is 0 Å². The average Bonchev–Trinajstić information content (AvgIpc) is 2.43. The second-order valence-electron chi connectivity index (χ2n) is 7.23. The SMILES string of the molecule is CCOC(=O)CCN(C)C(=O)C1CCC(C(C)(C)C)CC1. The highest BCUT2D eigenvalue weighted by Crippen LogP contribution is 2.40. The Hall–Kier alpha value is -1.06. The quantitative estimate of drug-likeness (QED) is 0.732. The van der Waals surface area contributed by atoms with E-state index >= 15 is 0 Å². The number of hydrogen-bond donors (Lipinski definition) is 0. The summed E-state index contributed by atoms with van der Waals surface area (Å²) in [7, 11) is 1.79.